The van der Waals surface area contributed by atoms with Gasteiger partial charge in [-0.15, -0.1) is 0 Å². The van der Waals surface area contributed by atoms with Crippen molar-refractivity contribution in [2.75, 3.05) is 0 Å². The van der Waals surface area contributed by atoms with Crippen LogP contribution in [0.5, 0.6) is 0 Å². The highest BCUT2D eigenvalue weighted by molar-refractivity contribution is 5.32. The Hall–Kier alpha value is -1.60. The molecule has 0 saturated carbocycles. The summed E-state index contributed by atoms with van der Waals surface area (Å²) < 4.78 is 0. The normalized spacial score (nSPS) is 18.3. The number of benzene rings is 2. The van der Waals surface area contributed by atoms with Gasteiger partial charge in [0.15, 0.2) is 0 Å². The van der Waals surface area contributed by atoms with Crippen LogP contribution in [-0.4, -0.2) is 0 Å². The lowest BCUT2D eigenvalue weighted by Gasteiger charge is -2.26. The quantitative estimate of drug-likeness (QED) is 0.855. The van der Waals surface area contributed by atoms with Crippen LogP contribution >= 0.6 is 0 Å². The lowest BCUT2D eigenvalue weighted by Crippen LogP contribution is -2.24. The minimum absolute atomic E-state index is 0.523. The van der Waals surface area contributed by atoms with Crippen molar-refractivity contribution in [3.8, 4) is 0 Å². The molecule has 0 radical (unpaired) electrons. The van der Waals surface area contributed by atoms with Gasteiger partial charge < -0.3 is 5.32 Å². The van der Waals surface area contributed by atoms with Gasteiger partial charge in [-0.2, -0.15) is 0 Å². The van der Waals surface area contributed by atoms with E-state index in [1.807, 2.05) is 0 Å². The molecular weight excluding hydrogens is 218 g/mol. The number of hydrogen-bond acceptors (Lipinski definition) is 1. The Morgan fingerprint density at radius 2 is 1.72 bits per heavy atom. The number of rotatable bonds is 3. The Morgan fingerprint density at radius 1 is 0.944 bits per heavy atom. The molecule has 0 aliphatic heterocycles. The van der Waals surface area contributed by atoms with E-state index in [9.17, 15) is 0 Å². The fraction of sp³-hybridized carbons (Fsp3) is 0.294. The largest absolute Gasteiger partial charge is 0.306 e. The van der Waals surface area contributed by atoms with Gasteiger partial charge in [-0.05, 0) is 36.0 Å². The summed E-state index contributed by atoms with van der Waals surface area (Å²) in [5, 5.41) is 3.69. The molecule has 1 heteroatoms. The van der Waals surface area contributed by atoms with E-state index in [1.54, 1.807) is 0 Å². The number of aryl methyl sites for hydroxylation is 1. The molecule has 3 rings (SSSR count). The van der Waals surface area contributed by atoms with Gasteiger partial charge in [0.05, 0.1) is 0 Å². The standard InChI is InChI=1S/C17H19N/c1-2-7-14(8-3-1)13-18-17-12-6-10-15-9-4-5-11-16(15)17/h1-5,7-9,11,17-18H,6,10,12-13H2. The predicted octanol–water partition coefficient (Wildman–Crippen LogP) is 3.85. The SMILES string of the molecule is c1ccc(CNC2CCCc3ccccc32)cc1. The van der Waals surface area contributed by atoms with E-state index in [4.69, 9.17) is 0 Å². The van der Waals surface area contributed by atoms with Crippen molar-refractivity contribution in [3.05, 3.63) is 71.3 Å². The lowest BCUT2D eigenvalue weighted by molar-refractivity contribution is 0.459. The summed E-state index contributed by atoms with van der Waals surface area (Å²) in [4.78, 5) is 0. The van der Waals surface area contributed by atoms with E-state index in [2.05, 4.69) is 59.9 Å². The highest BCUT2D eigenvalue weighted by Gasteiger charge is 2.18. The average molecular weight is 237 g/mol. The molecule has 0 fully saturated rings. The van der Waals surface area contributed by atoms with E-state index in [1.165, 1.54) is 36.0 Å². The van der Waals surface area contributed by atoms with Crippen LogP contribution < -0.4 is 5.32 Å². The molecule has 1 nitrogen and oxygen atoms in total. The van der Waals surface area contributed by atoms with Gasteiger partial charge >= 0.3 is 0 Å². The zero-order valence-corrected chi connectivity index (χ0v) is 10.6. The van der Waals surface area contributed by atoms with Crippen molar-refractivity contribution in [3.63, 3.8) is 0 Å². The third-order valence-corrected chi connectivity index (χ3v) is 3.76. The molecule has 1 atom stereocenters. The van der Waals surface area contributed by atoms with Crippen molar-refractivity contribution in [2.24, 2.45) is 0 Å². The first-order valence-corrected chi connectivity index (χ1v) is 6.78. The summed E-state index contributed by atoms with van der Waals surface area (Å²) >= 11 is 0. The second kappa shape index (κ2) is 5.36. The van der Waals surface area contributed by atoms with Crippen LogP contribution in [-0.2, 0) is 13.0 Å². The Bertz CT molecular complexity index is 504. The summed E-state index contributed by atoms with van der Waals surface area (Å²) in [6, 6.07) is 20.0. The minimum atomic E-state index is 0.523. The van der Waals surface area contributed by atoms with E-state index in [0.717, 1.165) is 6.54 Å². The third kappa shape index (κ3) is 2.46. The maximum atomic E-state index is 3.69. The Labute approximate surface area is 109 Å². The molecule has 92 valence electrons. The molecule has 0 saturated heterocycles. The molecule has 1 aliphatic carbocycles. The second-order valence-corrected chi connectivity index (χ2v) is 5.01. The molecule has 1 aliphatic rings. The first kappa shape index (κ1) is 11.5. The molecule has 1 unspecified atom stereocenters. The van der Waals surface area contributed by atoms with Crippen molar-refractivity contribution >= 4 is 0 Å². The van der Waals surface area contributed by atoms with Crippen LogP contribution in [0.25, 0.3) is 0 Å². The zero-order valence-electron chi connectivity index (χ0n) is 10.6. The van der Waals surface area contributed by atoms with Crippen LogP contribution in [0.4, 0.5) is 0 Å². The third-order valence-electron chi connectivity index (χ3n) is 3.76. The van der Waals surface area contributed by atoms with Gasteiger partial charge in [-0.1, -0.05) is 54.6 Å². The van der Waals surface area contributed by atoms with E-state index in [0.29, 0.717) is 6.04 Å². The number of hydrogen-bond donors (Lipinski definition) is 1. The van der Waals surface area contributed by atoms with Crippen molar-refractivity contribution in [1.82, 2.24) is 5.32 Å². The molecule has 0 bridgehead atoms. The summed E-state index contributed by atoms with van der Waals surface area (Å²) in [6.07, 6.45) is 3.78. The van der Waals surface area contributed by atoms with Crippen LogP contribution in [0, 0.1) is 0 Å². The van der Waals surface area contributed by atoms with E-state index < -0.39 is 0 Å². The Morgan fingerprint density at radius 3 is 2.61 bits per heavy atom. The molecule has 0 heterocycles. The first-order chi connectivity index (χ1) is 8.93. The van der Waals surface area contributed by atoms with Gasteiger partial charge in [0.25, 0.3) is 0 Å². The molecule has 2 aromatic carbocycles. The second-order valence-electron chi connectivity index (χ2n) is 5.01. The number of nitrogens with one attached hydrogen (secondary N) is 1. The van der Waals surface area contributed by atoms with Gasteiger partial charge in [0.2, 0.25) is 0 Å². The molecule has 0 spiro atoms. The minimum Gasteiger partial charge on any atom is -0.306 e. The Kier molecular flexibility index (Phi) is 3.42. The van der Waals surface area contributed by atoms with E-state index >= 15 is 0 Å². The highest BCUT2D eigenvalue weighted by Crippen LogP contribution is 2.29. The smallest absolute Gasteiger partial charge is 0.0326 e. The van der Waals surface area contributed by atoms with Crippen molar-refractivity contribution in [1.29, 1.82) is 0 Å². The molecule has 0 aromatic heterocycles. The summed E-state index contributed by atoms with van der Waals surface area (Å²) in [7, 11) is 0. The molecule has 0 amide bonds. The van der Waals surface area contributed by atoms with Gasteiger partial charge in [-0.3, -0.25) is 0 Å². The fourth-order valence-corrected chi connectivity index (χ4v) is 2.80. The Balaban J connectivity index is 1.71. The first-order valence-electron chi connectivity index (χ1n) is 6.78. The number of fused-ring (bicyclic) bond motifs is 1. The molecular formula is C17H19N. The predicted molar refractivity (Wildman–Crippen MR) is 75.4 cm³/mol. The maximum absolute atomic E-state index is 3.69. The van der Waals surface area contributed by atoms with Gasteiger partial charge in [0.1, 0.15) is 0 Å². The van der Waals surface area contributed by atoms with Crippen LogP contribution in [0.1, 0.15) is 35.6 Å². The zero-order chi connectivity index (χ0) is 12.2. The monoisotopic (exact) mass is 237 g/mol. The van der Waals surface area contributed by atoms with Crippen LogP contribution in [0.15, 0.2) is 54.6 Å². The fourth-order valence-electron chi connectivity index (χ4n) is 2.80. The highest BCUT2D eigenvalue weighted by atomic mass is 14.9. The topological polar surface area (TPSA) is 12.0 Å². The van der Waals surface area contributed by atoms with Crippen LogP contribution in [0.2, 0.25) is 0 Å². The molecule has 18 heavy (non-hydrogen) atoms. The lowest BCUT2D eigenvalue weighted by atomic mass is 9.87. The average Bonchev–Trinajstić information content (AvgIpc) is 2.46. The summed E-state index contributed by atoms with van der Waals surface area (Å²) in [5.74, 6) is 0. The van der Waals surface area contributed by atoms with Gasteiger partial charge in [-0.25, -0.2) is 0 Å². The van der Waals surface area contributed by atoms with E-state index in [-0.39, 0.29) is 0 Å². The molecule has 2 aromatic rings. The van der Waals surface area contributed by atoms with Crippen LogP contribution in [0.3, 0.4) is 0 Å². The maximum Gasteiger partial charge on any atom is 0.0326 e. The molecule has 1 N–H and O–H groups in total. The van der Waals surface area contributed by atoms with Crippen molar-refractivity contribution < 1.29 is 0 Å². The summed E-state index contributed by atoms with van der Waals surface area (Å²) in [5.41, 5.74) is 4.38. The van der Waals surface area contributed by atoms with Crippen molar-refractivity contribution in [2.45, 2.75) is 31.8 Å². The van der Waals surface area contributed by atoms with Gasteiger partial charge in [0, 0.05) is 12.6 Å². The summed E-state index contributed by atoms with van der Waals surface area (Å²) in [6.45, 7) is 0.958.